The number of sulfone groups is 1. The van der Waals surface area contributed by atoms with Gasteiger partial charge in [-0.3, -0.25) is 4.90 Å². The van der Waals surface area contributed by atoms with Gasteiger partial charge in [-0.2, -0.15) is 11.8 Å². The summed E-state index contributed by atoms with van der Waals surface area (Å²) < 4.78 is 29.1. The van der Waals surface area contributed by atoms with Crippen molar-refractivity contribution in [2.75, 3.05) is 44.1 Å². The second kappa shape index (κ2) is 6.11. The van der Waals surface area contributed by atoms with Crippen LogP contribution in [0.15, 0.2) is 0 Å². The Bertz CT molecular complexity index is 417. The van der Waals surface area contributed by atoms with Crippen LogP contribution in [0.4, 0.5) is 0 Å². The van der Waals surface area contributed by atoms with Crippen LogP contribution < -0.4 is 0 Å². The fraction of sp³-hybridized carbons (Fsp3) is 0.917. The van der Waals surface area contributed by atoms with Crippen LogP contribution in [0, 0.1) is 5.41 Å². The molecule has 2 rings (SSSR count). The first-order valence-corrected chi connectivity index (χ1v) is 9.63. The van der Waals surface area contributed by atoms with Crippen molar-refractivity contribution in [2.24, 2.45) is 5.41 Å². The summed E-state index contributed by atoms with van der Waals surface area (Å²) in [6.45, 7) is 2.32. The van der Waals surface area contributed by atoms with Crippen molar-refractivity contribution in [3.8, 4) is 0 Å². The Labute approximate surface area is 119 Å². The molecule has 2 saturated heterocycles. The molecule has 0 saturated carbocycles. The third-order valence-corrected chi connectivity index (χ3v) is 6.49. The number of thioether (sulfide) groups is 1. The van der Waals surface area contributed by atoms with Gasteiger partial charge in [-0.1, -0.05) is 0 Å². The Kier molecular flexibility index (Phi) is 4.92. The second-order valence-electron chi connectivity index (χ2n) is 5.47. The van der Waals surface area contributed by atoms with Gasteiger partial charge in [-0.05, 0) is 12.8 Å². The molecule has 5 nitrogen and oxygen atoms in total. The number of ether oxygens (including phenoxy) is 1. The number of carbonyl (C=O) groups excluding carboxylic acids is 1. The first kappa shape index (κ1) is 15.3. The average Bonchev–Trinajstić information content (AvgIpc) is 2.39. The molecule has 2 fully saturated rings. The molecule has 0 aromatic carbocycles. The van der Waals surface area contributed by atoms with E-state index < -0.39 is 20.6 Å². The Morgan fingerprint density at radius 1 is 1.53 bits per heavy atom. The Hall–Kier alpha value is -0.110. The lowest BCUT2D eigenvalue weighted by atomic mass is 9.83. The highest BCUT2D eigenvalue weighted by atomic mass is 32.2. The minimum atomic E-state index is -3.11. The molecule has 0 amide bonds. The summed E-state index contributed by atoms with van der Waals surface area (Å²) in [6, 6.07) is 0. The lowest BCUT2D eigenvalue weighted by Gasteiger charge is -2.41. The van der Waals surface area contributed by atoms with Crippen molar-refractivity contribution in [3.63, 3.8) is 0 Å². The van der Waals surface area contributed by atoms with Crippen molar-refractivity contribution >= 4 is 27.9 Å². The predicted molar refractivity (Wildman–Crippen MR) is 76.1 cm³/mol. The lowest BCUT2D eigenvalue weighted by Crippen LogP contribution is -2.53. The van der Waals surface area contributed by atoms with Crippen LogP contribution in [0.5, 0.6) is 0 Å². The molecule has 2 unspecified atom stereocenters. The summed E-state index contributed by atoms with van der Waals surface area (Å²) in [5.74, 6) is 1.51. The van der Waals surface area contributed by atoms with E-state index in [-0.39, 0.29) is 0 Å². The molecule has 2 atom stereocenters. The minimum absolute atomic E-state index is 0.413. The summed E-state index contributed by atoms with van der Waals surface area (Å²) in [6.07, 6.45) is 3.90. The SMILES string of the molecule is CS(=O)(=O)C1CSCCN1CC1(C=O)CCCOC1. The first-order chi connectivity index (χ1) is 8.97. The summed E-state index contributed by atoms with van der Waals surface area (Å²) in [4.78, 5) is 13.4. The largest absolute Gasteiger partial charge is 0.380 e. The number of aldehydes is 1. The van der Waals surface area contributed by atoms with Crippen LogP contribution in [-0.4, -0.2) is 69.0 Å². The van der Waals surface area contributed by atoms with Crippen LogP contribution in [0.3, 0.4) is 0 Å². The average molecular weight is 307 g/mol. The second-order valence-corrected chi connectivity index (χ2v) is 8.82. The maximum atomic E-state index is 11.9. The molecule has 0 N–H and O–H groups in total. The minimum Gasteiger partial charge on any atom is -0.380 e. The van der Waals surface area contributed by atoms with E-state index in [1.165, 1.54) is 6.26 Å². The zero-order valence-corrected chi connectivity index (χ0v) is 12.8. The standard InChI is InChI=1S/C12H21NO4S2/c1-19(15,16)11-7-18-6-4-13(11)8-12(9-14)3-2-5-17-10-12/h9,11H,2-8,10H2,1H3. The Morgan fingerprint density at radius 2 is 2.32 bits per heavy atom. The van der Waals surface area contributed by atoms with Gasteiger partial charge >= 0.3 is 0 Å². The smallest absolute Gasteiger partial charge is 0.164 e. The molecule has 2 aliphatic heterocycles. The predicted octanol–water partition coefficient (Wildman–Crippen LogP) is 0.402. The highest BCUT2D eigenvalue weighted by molar-refractivity contribution is 8.00. The zero-order valence-electron chi connectivity index (χ0n) is 11.2. The monoisotopic (exact) mass is 307 g/mol. The molecule has 2 heterocycles. The quantitative estimate of drug-likeness (QED) is 0.701. The zero-order chi connectivity index (χ0) is 13.9. The van der Waals surface area contributed by atoms with Crippen molar-refractivity contribution in [1.82, 2.24) is 4.90 Å². The number of carbonyl (C=O) groups is 1. The fourth-order valence-corrected chi connectivity index (χ4v) is 5.67. The van der Waals surface area contributed by atoms with Crippen LogP contribution in [-0.2, 0) is 19.4 Å². The van der Waals surface area contributed by atoms with Gasteiger partial charge in [0.05, 0.1) is 12.0 Å². The van der Waals surface area contributed by atoms with Crippen LogP contribution in [0.2, 0.25) is 0 Å². The van der Waals surface area contributed by atoms with Crippen LogP contribution in [0.1, 0.15) is 12.8 Å². The molecule has 19 heavy (non-hydrogen) atoms. The van der Waals surface area contributed by atoms with Gasteiger partial charge in [0.25, 0.3) is 0 Å². The van der Waals surface area contributed by atoms with Gasteiger partial charge in [0.2, 0.25) is 0 Å². The van der Waals surface area contributed by atoms with E-state index in [2.05, 4.69) is 0 Å². The van der Waals surface area contributed by atoms with E-state index in [4.69, 9.17) is 4.74 Å². The summed E-state index contributed by atoms with van der Waals surface area (Å²) >= 11 is 1.66. The fourth-order valence-electron chi connectivity index (χ4n) is 2.72. The van der Waals surface area contributed by atoms with Gasteiger partial charge in [-0.15, -0.1) is 0 Å². The number of rotatable bonds is 4. The van der Waals surface area contributed by atoms with Crippen molar-refractivity contribution in [2.45, 2.75) is 18.2 Å². The Morgan fingerprint density at radius 3 is 2.89 bits per heavy atom. The highest BCUT2D eigenvalue weighted by Crippen LogP contribution is 2.30. The molecule has 2 aliphatic rings. The van der Waals surface area contributed by atoms with E-state index in [9.17, 15) is 13.2 Å². The third-order valence-electron chi connectivity index (χ3n) is 3.81. The molecule has 0 aliphatic carbocycles. The molecule has 0 aromatic rings. The van der Waals surface area contributed by atoms with Crippen LogP contribution in [0.25, 0.3) is 0 Å². The molecule has 110 valence electrons. The van der Waals surface area contributed by atoms with Gasteiger partial charge in [0.15, 0.2) is 9.84 Å². The molecular weight excluding hydrogens is 286 g/mol. The molecular formula is C12H21NO4S2. The van der Waals surface area contributed by atoms with Crippen molar-refractivity contribution in [1.29, 1.82) is 0 Å². The first-order valence-electron chi connectivity index (χ1n) is 6.52. The van der Waals surface area contributed by atoms with E-state index >= 15 is 0 Å². The van der Waals surface area contributed by atoms with Crippen molar-refractivity contribution in [3.05, 3.63) is 0 Å². The van der Waals surface area contributed by atoms with E-state index in [0.717, 1.165) is 31.4 Å². The summed E-state index contributed by atoms with van der Waals surface area (Å²) in [5.41, 5.74) is -0.525. The normalized spacial score (nSPS) is 34.1. The van der Waals surface area contributed by atoms with E-state index in [0.29, 0.717) is 25.5 Å². The molecule has 7 heteroatoms. The molecule has 0 radical (unpaired) electrons. The Balaban J connectivity index is 2.12. The molecule has 0 aromatic heterocycles. The van der Waals surface area contributed by atoms with Crippen LogP contribution >= 0.6 is 11.8 Å². The number of hydrogen-bond acceptors (Lipinski definition) is 6. The third kappa shape index (κ3) is 3.71. The molecule has 0 bridgehead atoms. The number of hydrogen-bond donors (Lipinski definition) is 0. The van der Waals surface area contributed by atoms with E-state index in [1.54, 1.807) is 11.8 Å². The maximum absolute atomic E-state index is 11.9. The lowest BCUT2D eigenvalue weighted by molar-refractivity contribution is -0.125. The van der Waals surface area contributed by atoms with Gasteiger partial charge < -0.3 is 9.53 Å². The topological polar surface area (TPSA) is 63.7 Å². The maximum Gasteiger partial charge on any atom is 0.164 e. The van der Waals surface area contributed by atoms with Gasteiger partial charge in [0, 0.05) is 37.5 Å². The van der Waals surface area contributed by atoms with Gasteiger partial charge in [0.1, 0.15) is 11.7 Å². The summed E-state index contributed by atoms with van der Waals surface area (Å²) in [7, 11) is -3.11. The summed E-state index contributed by atoms with van der Waals surface area (Å²) in [5, 5.41) is -0.468. The van der Waals surface area contributed by atoms with Crippen molar-refractivity contribution < 1.29 is 17.9 Å². The number of nitrogens with zero attached hydrogens (tertiary/aromatic N) is 1. The molecule has 0 spiro atoms. The highest BCUT2D eigenvalue weighted by Gasteiger charge is 2.39. The van der Waals surface area contributed by atoms with E-state index in [1.807, 2.05) is 4.90 Å². The van der Waals surface area contributed by atoms with Gasteiger partial charge in [-0.25, -0.2) is 8.42 Å².